The van der Waals surface area contributed by atoms with Crippen LogP contribution in [0.1, 0.15) is 59.6 Å². The minimum Gasteiger partial charge on any atom is -0.286 e. The number of hydrogen-bond acceptors (Lipinski definition) is 2. The molecule has 0 unspecified atom stereocenters. The van der Waals surface area contributed by atoms with Crippen molar-refractivity contribution in [2.24, 2.45) is 16.3 Å². The zero-order valence-corrected chi connectivity index (χ0v) is 16.0. The van der Waals surface area contributed by atoms with Gasteiger partial charge in [-0.2, -0.15) is 0 Å². The molecule has 0 saturated heterocycles. The number of aromatic nitrogens is 1. The van der Waals surface area contributed by atoms with Gasteiger partial charge in [0.1, 0.15) is 5.69 Å². The fourth-order valence-corrected chi connectivity index (χ4v) is 2.32. The summed E-state index contributed by atoms with van der Waals surface area (Å²) < 4.78 is 14.1. The number of hydrogen-bond donors (Lipinski definition) is 0. The second-order valence-electron chi connectivity index (χ2n) is 6.71. The first-order chi connectivity index (χ1) is 11.4. The lowest BCUT2D eigenvalue weighted by Gasteiger charge is -2.24. The Kier molecular flexibility index (Phi) is 7.53. The first kappa shape index (κ1) is 20.3. The van der Waals surface area contributed by atoms with Crippen LogP contribution in [0.4, 0.5) is 4.39 Å². The SMILES string of the molecule is C=C(C)C(C)(C)C/C=C(\C(=NC)c1ncccc1F)C1CC1.CC. The van der Waals surface area contributed by atoms with Gasteiger partial charge >= 0.3 is 0 Å². The molecule has 0 bridgehead atoms. The molecule has 0 N–H and O–H groups in total. The molecule has 0 spiro atoms. The number of rotatable bonds is 6. The molecule has 1 saturated carbocycles. The normalized spacial score (nSPS) is 15.6. The first-order valence-corrected chi connectivity index (χ1v) is 8.81. The van der Waals surface area contributed by atoms with E-state index in [9.17, 15) is 4.39 Å². The zero-order valence-electron chi connectivity index (χ0n) is 16.0. The van der Waals surface area contributed by atoms with Gasteiger partial charge in [0.15, 0.2) is 5.82 Å². The highest BCUT2D eigenvalue weighted by molar-refractivity contribution is 6.12. The molecule has 132 valence electrons. The number of halogens is 1. The topological polar surface area (TPSA) is 25.2 Å². The first-order valence-electron chi connectivity index (χ1n) is 8.81. The molecule has 24 heavy (non-hydrogen) atoms. The van der Waals surface area contributed by atoms with Gasteiger partial charge < -0.3 is 0 Å². The van der Waals surface area contributed by atoms with Gasteiger partial charge in [-0.25, -0.2) is 4.39 Å². The summed E-state index contributed by atoms with van der Waals surface area (Å²) >= 11 is 0. The third kappa shape index (κ3) is 5.12. The summed E-state index contributed by atoms with van der Waals surface area (Å²) in [7, 11) is 1.71. The van der Waals surface area contributed by atoms with Crippen LogP contribution in [-0.4, -0.2) is 17.7 Å². The van der Waals surface area contributed by atoms with E-state index in [4.69, 9.17) is 0 Å². The van der Waals surface area contributed by atoms with E-state index in [1.165, 1.54) is 6.07 Å². The summed E-state index contributed by atoms with van der Waals surface area (Å²) in [5.41, 5.74) is 3.36. The molecule has 1 fully saturated rings. The summed E-state index contributed by atoms with van der Waals surface area (Å²) in [6, 6.07) is 3.05. The summed E-state index contributed by atoms with van der Waals surface area (Å²) in [5.74, 6) is 0.176. The van der Waals surface area contributed by atoms with Crippen LogP contribution in [0.3, 0.4) is 0 Å². The molecule has 0 amide bonds. The van der Waals surface area contributed by atoms with Crippen molar-refractivity contribution < 1.29 is 4.39 Å². The van der Waals surface area contributed by atoms with Gasteiger partial charge in [-0.3, -0.25) is 9.98 Å². The van der Waals surface area contributed by atoms with Gasteiger partial charge in [-0.15, -0.1) is 0 Å². The van der Waals surface area contributed by atoms with E-state index in [1.807, 2.05) is 13.8 Å². The second-order valence-corrected chi connectivity index (χ2v) is 6.71. The van der Waals surface area contributed by atoms with Crippen LogP contribution >= 0.6 is 0 Å². The standard InChI is InChI=1S/C19H25FN2.C2H6/c1-13(2)19(3,4)11-10-15(14-8-9-14)17(21-5)18-16(20)7-6-12-22-18;1-2/h6-7,10,12,14H,1,8-9,11H2,2-5H3;1-2H3/b15-10-,21-17?;. The molecule has 0 aromatic carbocycles. The van der Waals surface area contributed by atoms with Crippen molar-refractivity contribution in [1.82, 2.24) is 4.98 Å². The van der Waals surface area contributed by atoms with Crippen LogP contribution in [0.2, 0.25) is 0 Å². The van der Waals surface area contributed by atoms with Crippen molar-refractivity contribution in [2.45, 2.75) is 53.9 Å². The van der Waals surface area contributed by atoms with Crippen molar-refractivity contribution >= 4 is 5.71 Å². The van der Waals surface area contributed by atoms with Crippen molar-refractivity contribution in [3.63, 3.8) is 0 Å². The Hall–Kier alpha value is -1.77. The highest BCUT2D eigenvalue weighted by atomic mass is 19.1. The summed E-state index contributed by atoms with van der Waals surface area (Å²) in [6.07, 6.45) is 7.00. The molecule has 1 aliphatic carbocycles. The maximum absolute atomic E-state index is 14.1. The molecule has 1 aromatic rings. The average Bonchev–Trinajstić information content (AvgIpc) is 3.39. The highest BCUT2D eigenvalue weighted by Gasteiger charge is 2.31. The third-order valence-electron chi connectivity index (χ3n) is 4.48. The Bertz CT molecular complexity index is 622. The van der Waals surface area contributed by atoms with Gasteiger partial charge in [0.05, 0.1) is 5.71 Å². The van der Waals surface area contributed by atoms with Gasteiger partial charge in [0.2, 0.25) is 0 Å². The zero-order chi connectivity index (χ0) is 18.3. The second kappa shape index (κ2) is 8.91. The molecule has 1 aromatic heterocycles. The molecule has 3 heteroatoms. The van der Waals surface area contributed by atoms with Crippen LogP contribution < -0.4 is 0 Å². The maximum atomic E-state index is 14.1. The number of pyridine rings is 1. The highest BCUT2D eigenvalue weighted by Crippen LogP contribution is 2.40. The van der Waals surface area contributed by atoms with E-state index in [1.54, 1.807) is 19.3 Å². The Balaban J connectivity index is 0.00000139. The van der Waals surface area contributed by atoms with Crippen LogP contribution in [0.15, 0.2) is 47.1 Å². The van der Waals surface area contributed by atoms with E-state index in [0.29, 0.717) is 17.3 Å². The van der Waals surface area contributed by atoms with Gasteiger partial charge in [0.25, 0.3) is 0 Å². The van der Waals surface area contributed by atoms with E-state index >= 15 is 0 Å². The summed E-state index contributed by atoms with van der Waals surface area (Å²) in [6.45, 7) is 14.5. The minimum atomic E-state index is -0.311. The van der Waals surface area contributed by atoms with Gasteiger partial charge in [0, 0.05) is 13.2 Å². The molecule has 2 rings (SSSR count). The van der Waals surface area contributed by atoms with Crippen LogP contribution in [0.5, 0.6) is 0 Å². The molecule has 0 aliphatic heterocycles. The molecule has 0 radical (unpaired) electrons. The third-order valence-corrected chi connectivity index (χ3v) is 4.48. The number of aliphatic imine (C=N–C) groups is 1. The maximum Gasteiger partial charge on any atom is 0.151 e. The lowest BCUT2D eigenvalue weighted by Crippen LogP contribution is -2.15. The van der Waals surface area contributed by atoms with Crippen molar-refractivity contribution in [3.05, 3.63) is 53.6 Å². The minimum absolute atomic E-state index is 0.0294. The molecule has 1 aliphatic rings. The predicted octanol–water partition coefficient (Wildman–Crippen LogP) is 5.99. The Morgan fingerprint density at radius 2 is 2.04 bits per heavy atom. The monoisotopic (exact) mass is 330 g/mol. The van der Waals surface area contributed by atoms with E-state index in [2.05, 4.69) is 43.4 Å². The molecule has 0 atom stereocenters. The van der Waals surface area contributed by atoms with Crippen molar-refractivity contribution in [2.75, 3.05) is 7.05 Å². The lowest BCUT2D eigenvalue weighted by molar-refractivity contribution is 0.454. The summed E-state index contributed by atoms with van der Waals surface area (Å²) in [5, 5.41) is 0. The number of nitrogens with zero attached hydrogens (tertiary/aromatic N) is 2. The Morgan fingerprint density at radius 3 is 2.50 bits per heavy atom. The quantitative estimate of drug-likeness (QED) is 0.464. The molecule has 1 heterocycles. The largest absolute Gasteiger partial charge is 0.286 e. The van der Waals surface area contributed by atoms with E-state index in [-0.39, 0.29) is 11.2 Å². The molecular formula is C21H31FN2. The van der Waals surface area contributed by atoms with Crippen LogP contribution in [0.25, 0.3) is 0 Å². The smallest absolute Gasteiger partial charge is 0.151 e. The van der Waals surface area contributed by atoms with E-state index in [0.717, 1.165) is 30.4 Å². The Labute approximate surface area is 146 Å². The lowest BCUT2D eigenvalue weighted by atomic mass is 9.81. The number of allylic oxidation sites excluding steroid dienone is 3. The predicted molar refractivity (Wildman–Crippen MR) is 102 cm³/mol. The Morgan fingerprint density at radius 1 is 1.42 bits per heavy atom. The fourth-order valence-electron chi connectivity index (χ4n) is 2.32. The van der Waals surface area contributed by atoms with Crippen LogP contribution in [-0.2, 0) is 0 Å². The van der Waals surface area contributed by atoms with Crippen molar-refractivity contribution in [3.8, 4) is 0 Å². The molecule has 2 nitrogen and oxygen atoms in total. The van der Waals surface area contributed by atoms with Gasteiger partial charge in [-0.05, 0) is 55.2 Å². The molecular weight excluding hydrogens is 299 g/mol. The summed E-state index contributed by atoms with van der Waals surface area (Å²) in [4.78, 5) is 8.55. The van der Waals surface area contributed by atoms with Gasteiger partial charge in [-0.1, -0.05) is 45.9 Å². The average molecular weight is 330 g/mol. The van der Waals surface area contributed by atoms with Crippen molar-refractivity contribution in [1.29, 1.82) is 0 Å². The van der Waals surface area contributed by atoms with E-state index < -0.39 is 0 Å². The fraction of sp³-hybridized carbons (Fsp3) is 0.524. The van der Waals surface area contributed by atoms with Crippen LogP contribution in [0, 0.1) is 17.2 Å².